The maximum atomic E-state index is 11.5. The van der Waals surface area contributed by atoms with Crippen molar-refractivity contribution in [1.29, 1.82) is 0 Å². The number of aryl methyl sites for hydroxylation is 1. The summed E-state index contributed by atoms with van der Waals surface area (Å²) in [5, 5.41) is 0. The minimum atomic E-state index is -0.296. The average molecular weight is 241 g/mol. The Morgan fingerprint density at radius 1 is 1.47 bits per heavy atom. The average Bonchev–Trinajstić information content (AvgIpc) is 2.25. The Hall–Kier alpha value is -1.14. The number of carbonyl (C=O) groups excluding carboxylic acids is 1. The van der Waals surface area contributed by atoms with Gasteiger partial charge in [0.2, 0.25) is 0 Å². The number of nitrogens with one attached hydrogen (secondary N) is 2. The van der Waals surface area contributed by atoms with Crippen LogP contribution in [0.15, 0.2) is 18.2 Å². The molecule has 1 aromatic rings. The summed E-state index contributed by atoms with van der Waals surface area (Å²) in [6.45, 7) is 1.83. The fourth-order valence-corrected chi connectivity index (χ4v) is 1.10. The summed E-state index contributed by atoms with van der Waals surface area (Å²) >= 11 is 6.22. The quantitative estimate of drug-likeness (QED) is 0.573. The van der Waals surface area contributed by atoms with Crippen LogP contribution in [0.3, 0.4) is 0 Å². The van der Waals surface area contributed by atoms with E-state index in [1.54, 1.807) is 12.1 Å². The minimum Gasteiger partial charge on any atom is -0.283 e. The van der Waals surface area contributed by atoms with E-state index in [1.165, 1.54) is 11.8 Å². The van der Waals surface area contributed by atoms with Crippen LogP contribution in [0.1, 0.15) is 16.2 Å². The molecule has 1 amide bonds. The number of amides is 1. The van der Waals surface area contributed by atoms with E-state index >= 15 is 0 Å². The molecule has 0 bridgehead atoms. The van der Waals surface area contributed by atoms with Crippen LogP contribution in [0.5, 0.6) is 0 Å². The van der Waals surface area contributed by atoms with E-state index in [-0.39, 0.29) is 5.91 Å². The van der Waals surface area contributed by atoms with Crippen LogP contribution in [0.25, 0.3) is 0 Å². The van der Waals surface area contributed by atoms with Crippen molar-refractivity contribution in [2.45, 2.75) is 6.92 Å². The van der Waals surface area contributed by atoms with Gasteiger partial charge in [0.05, 0.1) is 0 Å². The Labute approximate surface area is 97.8 Å². The Bertz CT molecular complexity index is 381. The van der Waals surface area contributed by atoms with Crippen LogP contribution < -0.4 is 10.9 Å². The van der Waals surface area contributed by atoms with Crippen LogP contribution in [-0.2, 0) is 0 Å². The van der Waals surface area contributed by atoms with Crippen molar-refractivity contribution in [1.82, 2.24) is 15.8 Å². The molecule has 1 rings (SSSR count). The number of nitrogens with zero attached hydrogens (tertiary/aromatic N) is 1. The molecule has 0 saturated carbocycles. The Balaban J connectivity index is 2.58. The summed E-state index contributed by atoms with van der Waals surface area (Å²) in [6.07, 6.45) is 1.83. The topological polar surface area (TPSA) is 54.0 Å². The summed E-state index contributed by atoms with van der Waals surface area (Å²) in [5.74, 6) is -0.296. The van der Waals surface area contributed by atoms with Gasteiger partial charge in [0.15, 0.2) is 4.32 Å². The molecule has 0 aliphatic carbocycles. The van der Waals surface area contributed by atoms with E-state index in [1.807, 2.05) is 19.2 Å². The number of rotatable bonds is 1. The highest BCUT2D eigenvalue weighted by atomic mass is 32.2. The number of pyridine rings is 1. The van der Waals surface area contributed by atoms with Gasteiger partial charge in [0, 0.05) is 5.69 Å². The second-order valence-corrected chi connectivity index (χ2v) is 4.22. The number of hydrazine groups is 1. The third-order valence-electron chi connectivity index (χ3n) is 1.58. The minimum absolute atomic E-state index is 0.296. The smallest absolute Gasteiger partial charge is 0.283 e. The molecule has 80 valence electrons. The van der Waals surface area contributed by atoms with E-state index in [2.05, 4.69) is 15.8 Å². The number of hydrogen-bond acceptors (Lipinski definition) is 4. The summed E-state index contributed by atoms with van der Waals surface area (Å²) in [5.41, 5.74) is 6.24. The largest absolute Gasteiger partial charge is 0.288 e. The lowest BCUT2D eigenvalue weighted by Crippen LogP contribution is -2.39. The van der Waals surface area contributed by atoms with Gasteiger partial charge >= 0.3 is 0 Å². The van der Waals surface area contributed by atoms with E-state index in [4.69, 9.17) is 12.2 Å². The summed E-state index contributed by atoms with van der Waals surface area (Å²) < 4.78 is 0.510. The van der Waals surface area contributed by atoms with Gasteiger partial charge in [-0.25, -0.2) is 4.98 Å². The first kappa shape index (κ1) is 11.9. The predicted octanol–water partition coefficient (Wildman–Crippen LogP) is 1.27. The van der Waals surface area contributed by atoms with Gasteiger partial charge in [0.25, 0.3) is 5.91 Å². The first-order valence-electron chi connectivity index (χ1n) is 4.21. The third kappa shape index (κ3) is 3.85. The highest BCUT2D eigenvalue weighted by Gasteiger charge is 2.06. The standard InChI is InChI=1S/C9H11N3OS2/c1-6-4-3-5-7(10-6)8(13)11-12-9(14)15-2/h3-5H,1-2H3,(H,11,13)(H,12,14). The molecule has 0 fully saturated rings. The van der Waals surface area contributed by atoms with Gasteiger partial charge in [-0.05, 0) is 25.3 Å². The zero-order chi connectivity index (χ0) is 11.3. The molecule has 6 heteroatoms. The fraction of sp³-hybridized carbons (Fsp3) is 0.222. The maximum absolute atomic E-state index is 11.5. The molecule has 0 aliphatic rings. The molecule has 0 unspecified atom stereocenters. The van der Waals surface area contributed by atoms with Crippen molar-refractivity contribution >= 4 is 34.2 Å². The normalized spacial score (nSPS) is 9.47. The van der Waals surface area contributed by atoms with E-state index in [0.29, 0.717) is 10.0 Å². The first-order valence-corrected chi connectivity index (χ1v) is 5.84. The molecule has 2 N–H and O–H groups in total. The Morgan fingerprint density at radius 2 is 2.20 bits per heavy atom. The molecule has 0 radical (unpaired) electrons. The maximum Gasteiger partial charge on any atom is 0.288 e. The van der Waals surface area contributed by atoms with Crippen molar-refractivity contribution in [3.8, 4) is 0 Å². The van der Waals surface area contributed by atoms with Crippen LogP contribution in [0, 0.1) is 6.92 Å². The predicted molar refractivity (Wildman–Crippen MR) is 65.7 cm³/mol. The van der Waals surface area contributed by atoms with Gasteiger partial charge in [-0.1, -0.05) is 30.0 Å². The van der Waals surface area contributed by atoms with Gasteiger partial charge in [0.1, 0.15) is 5.69 Å². The molecule has 0 spiro atoms. The molecule has 1 aromatic heterocycles. The molecular formula is C9H11N3OS2. The zero-order valence-electron chi connectivity index (χ0n) is 8.40. The van der Waals surface area contributed by atoms with Crippen LogP contribution in [-0.4, -0.2) is 21.5 Å². The lowest BCUT2D eigenvalue weighted by Gasteiger charge is -2.06. The number of thioether (sulfide) groups is 1. The number of hydrogen-bond donors (Lipinski definition) is 2. The fourth-order valence-electron chi connectivity index (χ4n) is 0.892. The molecule has 4 nitrogen and oxygen atoms in total. The Kier molecular flexibility index (Phi) is 4.51. The van der Waals surface area contributed by atoms with Crippen molar-refractivity contribution in [2.24, 2.45) is 0 Å². The molecule has 0 saturated heterocycles. The molecule has 0 aliphatic heterocycles. The lowest BCUT2D eigenvalue weighted by atomic mass is 10.3. The second kappa shape index (κ2) is 5.67. The van der Waals surface area contributed by atoms with Crippen molar-refractivity contribution < 1.29 is 4.79 Å². The summed E-state index contributed by atoms with van der Waals surface area (Å²) in [7, 11) is 0. The SMILES string of the molecule is CSC(=S)NNC(=O)c1cccc(C)n1. The number of aromatic nitrogens is 1. The van der Waals surface area contributed by atoms with Gasteiger partial charge in [-0.15, -0.1) is 0 Å². The number of carbonyl (C=O) groups is 1. The van der Waals surface area contributed by atoms with Crippen LogP contribution in [0.2, 0.25) is 0 Å². The van der Waals surface area contributed by atoms with Crippen LogP contribution in [0.4, 0.5) is 0 Å². The highest BCUT2D eigenvalue weighted by molar-refractivity contribution is 8.22. The first-order chi connectivity index (χ1) is 7.13. The van der Waals surface area contributed by atoms with Crippen molar-refractivity contribution in [3.63, 3.8) is 0 Å². The van der Waals surface area contributed by atoms with E-state index < -0.39 is 0 Å². The molecular weight excluding hydrogens is 230 g/mol. The summed E-state index contributed by atoms with van der Waals surface area (Å²) in [4.78, 5) is 15.6. The monoisotopic (exact) mass is 241 g/mol. The van der Waals surface area contributed by atoms with Gasteiger partial charge in [-0.2, -0.15) is 0 Å². The number of thiocarbonyl (C=S) groups is 1. The van der Waals surface area contributed by atoms with Crippen molar-refractivity contribution in [2.75, 3.05) is 6.26 Å². The second-order valence-electron chi connectivity index (χ2n) is 2.73. The molecule has 0 atom stereocenters. The lowest BCUT2D eigenvalue weighted by molar-refractivity contribution is 0.0939. The Morgan fingerprint density at radius 3 is 2.80 bits per heavy atom. The highest BCUT2D eigenvalue weighted by Crippen LogP contribution is 1.97. The van der Waals surface area contributed by atoms with E-state index in [0.717, 1.165) is 5.69 Å². The molecule has 15 heavy (non-hydrogen) atoms. The summed E-state index contributed by atoms with van der Waals surface area (Å²) in [6, 6.07) is 5.26. The van der Waals surface area contributed by atoms with E-state index in [9.17, 15) is 4.79 Å². The molecule has 1 heterocycles. The third-order valence-corrected chi connectivity index (χ3v) is 2.66. The van der Waals surface area contributed by atoms with Crippen LogP contribution >= 0.6 is 24.0 Å². The van der Waals surface area contributed by atoms with Crippen molar-refractivity contribution in [3.05, 3.63) is 29.6 Å². The van der Waals surface area contributed by atoms with Gasteiger partial charge < -0.3 is 0 Å². The molecule has 0 aromatic carbocycles. The van der Waals surface area contributed by atoms with Gasteiger partial charge in [-0.3, -0.25) is 15.6 Å². The zero-order valence-corrected chi connectivity index (χ0v) is 10.0.